The normalized spacial score (nSPS) is 20.5. The monoisotopic (exact) mass is 227 g/mol. The van der Waals surface area contributed by atoms with Gasteiger partial charge >= 0.3 is 0 Å². The second-order valence-corrected chi connectivity index (χ2v) is 4.51. The van der Waals surface area contributed by atoms with Crippen LogP contribution in [0.1, 0.15) is 39.0 Å². The van der Waals surface area contributed by atoms with Crippen molar-refractivity contribution in [3.8, 4) is 0 Å². The van der Waals surface area contributed by atoms with Gasteiger partial charge in [0.2, 0.25) is 0 Å². The Balaban J connectivity index is 2.08. The average Bonchev–Trinajstić information content (AvgIpc) is 2.75. The Bertz CT molecular complexity index is 202. The van der Waals surface area contributed by atoms with Crippen LogP contribution < -0.4 is 5.73 Å². The number of ether oxygens (including phenoxy) is 1. The molecule has 0 spiro atoms. The fraction of sp³-hybridized carbons (Fsp3) is 0.917. The first kappa shape index (κ1) is 13.5. The Kier molecular flexibility index (Phi) is 6.42. The summed E-state index contributed by atoms with van der Waals surface area (Å²) in [5.41, 5.74) is 5.32. The lowest BCUT2D eigenvalue weighted by molar-refractivity contribution is 0.0743. The number of nitrogens with two attached hydrogens (primary N) is 1. The van der Waals surface area contributed by atoms with E-state index in [0.717, 1.165) is 45.5 Å². The minimum atomic E-state index is 0.308. The third-order valence-corrected chi connectivity index (χ3v) is 3.10. The summed E-state index contributed by atoms with van der Waals surface area (Å²) in [5, 5.41) is 7.15. The van der Waals surface area contributed by atoms with Gasteiger partial charge in [-0.15, -0.1) is 0 Å². The number of unbranched alkanes of at least 4 members (excludes halogenated alkanes) is 1. The Morgan fingerprint density at radius 1 is 1.50 bits per heavy atom. The van der Waals surface area contributed by atoms with Crippen LogP contribution in [-0.2, 0) is 4.74 Å². The van der Waals surface area contributed by atoms with Gasteiger partial charge in [-0.1, -0.05) is 6.92 Å². The van der Waals surface area contributed by atoms with Crippen LogP contribution in [0.15, 0.2) is 0 Å². The molecule has 0 bridgehead atoms. The van der Waals surface area contributed by atoms with Crippen LogP contribution in [0.2, 0.25) is 0 Å². The summed E-state index contributed by atoms with van der Waals surface area (Å²) in [4.78, 5) is 2.44. The highest BCUT2D eigenvalue weighted by Crippen LogP contribution is 2.13. The predicted molar refractivity (Wildman–Crippen MR) is 66.9 cm³/mol. The van der Waals surface area contributed by atoms with Gasteiger partial charge in [0.1, 0.15) is 0 Å². The third kappa shape index (κ3) is 5.47. The summed E-state index contributed by atoms with van der Waals surface area (Å²) in [6, 6.07) is 0. The molecular formula is C12H25N3O. The molecule has 94 valence electrons. The van der Waals surface area contributed by atoms with Crippen molar-refractivity contribution in [3.63, 3.8) is 0 Å². The number of hydrogen-bond acceptors (Lipinski definition) is 3. The van der Waals surface area contributed by atoms with E-state index < -0.39 is 0 Å². The van der Waals surface area contributed by atoms with E-state index in [1.807, 2.05) is 0 Å². The van der Waals surface area contributed by atoms with Gasteiger partial charge in [0, 0.05) is 19.6 Å². The van der Waals surface area contributed by atoms with Crippen molar-refractivity contribution in [2.75, 3.05) is 26.2 Å². The fourth-order valence-corrected chi connectivity index (χ4v) is 2.11. The lowest BCUT2D eigenvalue weighted by atomic mass is 10.2. The standard InChI is InChI=1S/C12H25N3O/c1-2-15(8-4-3-7-12(13)14)10-11-6-5-9-16-11/h11H,2-10H2,1H3,(H3,13,14). The Hall–Kier alpha value is -0.610. The molecule has 0 aromatic rings. The smallest absolute Gasteiger partial charge is 0.0905 e. The number of nitrogens with zero attached hydrogens (tertiary/aromatic N) is 1. The minimum absolute atomic E-state index is 0.308. The number of nitrogens with one attached hydrogen (secondary N) is 1. The molecule has 1 aliphatic heterocycles. The summed E-state index contributed by atoms with van der Waals surface area (Å²) < 4.78 is 5.63. The maximum atomic E-state index is 7.15. The zero-order chi connectivity index (χ0) is 11.8. The lowest BCUT2D eigenvalue weighted by Gasteiger charge is -2.23. The Morgan fingerprint density at radius 3 is 2.88 bits per heavy atom. The summed E-state index contributed by atoms with van der Waals surface area (Å²) in [5.74, 6) is 0.308. The number of amidine groups is 1. The summed E-state index contributed by atoms with van der Waals surface area (Å²) in [7, 11) is 0. The van der Waals surface area contributed by atoms with E-state index in [2.05, 4.69) is 11.8 Å². The van der Waals surface area contributed by atoms with Gasteiger partial charge in [-0.25, -0.2) is 0 Å². The molecule has 0 amide bonds. The number of rotatable bonds is 8. The van der Waals surface area contributed by atoms with E-state index in [1.54, 1.807) is 0 Å². The van der Waals surface area contributed by atoms with Crippen LogP contribution in [-0.4, -0.2) is 43.1 Å². The van der Waals surface area contributed by atoms with E-state index in [1.165, 1.54) is 12.8 Å². The molecule has 0 aliphatic carbocycles. The largest absolute Gasteiger partial charge is 0.388 e. The molecule has 4 nitrogen and oxygen atoms in total. The predicted octanol–water partition coefficient (Wildman–Crippen LogP) is 1.59. The van der Waals surface area contributed by atoms with E-state index >= 15 is 0 Å². The van der Waals surface area contributed by atoms with Crippen LogP contribution >= 0.6 is 0 Å². The highest BCUT2D eigenvalue weighted by Gasteiger charge is 2.17. The van der Waals surface area contributed by atoms with Crippen molar-refractivity contribution in [2.24, 2.45) is 5.73 Å². The van der Waals surface area contributed by atoms with Crippen LogP contribution in [0, 0.1) is 5.41 Å². The van der Waals surface area contributed by atoms with Gasteiger partial charge in [-0.05, 0) is 38.8 Å². The topological polar surface area (TPSA) is 62.3 Å². The summed E-state index contributed by atoms with van der Waals surface area (Å²) >= 11 is 0. The van der Waals surface area contributed by atoms with Gasteiger partial charge in [-0.3, -0.25) is 5.41 Å². The molecule has 1 atom stereocenters. The molecule has 0 aromatic heterocycles. The van der Waals surface area contributed by atoms with Crippen LogP contribution in [0.4, 0.5) is 0 Å². The van der Waals surface area contributed by atoms with Crippen molar-refractivity contribution >= 4 is 5.84 Å². The van der Waals surface area contributed by atoms with E-state index in [9.17, 15) is 0 Å². The maximum absolute atomic E-state index is 7.15. The van der Waals surface area contributed by atoms with Crippen molar-refractivity contribution < 1.29 is 4.74 Å². The van der Waals surface area contributed by atoms with Crippen LogP contribution in [0.3, 0.4) is 0 Å². The summed E-state index contributed by atoms with van der Waals surface area (Å²) in [6.07, 6.45) is 5.76. The molecule has 4 heteroatoms. The van der Waals surface area contributed by atoms with Crippen molar-refractivity contribution in [1.82, 2.24) is 4.90 Å². The number of likely N-dealkylation sites (N-methyl/N-ethyl adjacent to an activating group) is 1. The first-order chi connectivity index (χ1) is 7.72. The first-order valence-electron chi connectivity index (χ1n) is 6.39. The van der Waals surface area contributed by atoms with Crippen molar-refractivity contribution in [3.05, 3.63) is 0 Å². The second kappa shape index (κ2) is 7.63. The molecule has 1 aliphatic rings. The van der Waals surface area contributed by atoms with Gasteiger partial charge in [0.05, 0.1) is 11.9 Å². The second-order valence-electron chi connectivity index (χ2n) is 4.51. The Labute approximate surface area is 98.6 Å². The van der Waals surface area contributed by atoms with Crippen LogP contribution in [0.5, 0.6) is 0 Å². The van der Waals surface area contributed by atoms with Gasteiger partial charge in [0.25, 0.3) is 0 Å². The molecule has 1 heterocycles. The molecule has 16 heavy (non-hydrogen) atoms. The highest BCUT2D eigenvalue weighted by molar-refractivity contribution is 5.76. The molecule has 0 aromatic carbocycles. The average molecular weight is 227 g/mol. The van der Waals surface area contributed by atoms with Crippen molar-refractivity contribution in [1.29, 1.82) is 5.41 Å². The minimum Gasteiger partial charge on any atom is -0.388 e. The summed E-state index contributed by atoms with van der Waals surface area (Å²) in [6.45, 7) is 6.38. The SMILES string of the molecule is CCN(CCCCC(=N)N)CC1CCCO1. The first-order valence-corrected chi connectivity index (χ1v) is 6.39. The quantitative estimate of drug-likeness (QED) is 0.376. The molecule has 0 radical (unpaired) electrons. The highest BCUT2D eigenvalue weighted by atomic mass is 16.5. The van der Waals surface area contributed by atoms with Gasteiger partial charge in [-0.2, -0.15) is 0 Å². The van der Waals surface area contributed by atoms with E-state index in [4.69, 9.17) is 15.9 Å². The number of hydrogen-bond donors (Lipinski definition) is 2. The molecular weight excluding hydrogens is 202 g/mol. The van der Waals surface area contributed by atoms with Crippen LogP contribution in [0.25, 0.3) is 0 Å². The molecule has 1 unspecified atom stereocenters. The fourth-order valence-electron chi connectivity index (χ4n) is 2.11. The molecule has 1 saturated heterocycles. The van der Waals surface area contributed by atoms with Crippen molar-refractivity contribution in [2.45, 2.75) is 45.1 Å². The lowest BCUT2D eigenvalue weighted by Crippen LogP contribution is -2.33. The zero-order valence-electron chi connectivity index (χ0n) is 10.4. The molecule has 3 N–H and O–H groups in total. The molecule has 1 fully saturated rings. The van der Waals surface area contributed by atoms with E-state index in [-0.39, 0.29) is 0 Å². The molecule has 1 rings (SSSR count). The third-order valence-electron chi connectivity index (χ3n) is 3.10. The Morgan fingerprint density at radius 2 is 2.31 bits per heavy atom. The van der Waals surface area contributed by atoms with Gasteiger partial charge in [0.15, 0.2) is 0 Å². The molecule has 0 saturated carbocycles. The van der Waals surface area contributed by atoms with E-state index in [0.29, 0.717) is 11.9 Å². The van der Waals surface area contributed by atoms with Gasteiger partial charge < -0.3 is 15.4 Å². The zero-order valence-corrected chi connectivity index (χ0v) is 10.4. The maximum Gasteiger partial charge on any atom is 0.0905 e.